The second-order valence-electron chi connectivity index (χ2n) is 5.58. The predicted octanol–water partition coefficient (Wildman–Crippen LogP) is 2.41. The molecule has 3 N–H and O–H groups in total. The predicted molar refractivity (Wildman–Crippen MR) is 86.6 cm³/mol. The third-order valence-electron chi connectivity index (χ3n) is 3.27. The smallest absolute Gasteiger partial charge is 0.255 e. The molecule has 1 aromatic heterocycles. The monoisotopic (exact) mass is 350 g/mol. The summed E-state index contributed by atoms with van der Waals surface area (Å²) in [5.41, 5.74) is 7.44. The Bertz CT molecular complexity index is 663. The van der Waals surface area contributed by atoms with E-state index in [0.717, 1.165) is 15.9 Å². The molecule has 1 heterocycles. The number of carbonyl (C=O) groups is 1. The second-order valence-corrected chi connectivity index (χ2v) is 6.49. The average molecular weight is 351 g/mol. The molecule has 6 heteroatoms. The average Bonchev–Trinajstić information content (AvgIpc) is 2.80. The Balaban J connectivity index is 2.31. The molecule has 2 aromatic rings. The molecule has 0 aliphatic carbocycles. The fourth-order valence-corrected chi connectivity index (χ4v) is 2.31. The van der Waals surface area contributed by atoms with Crippen molar-refractivity contribution >= 4 is 21.8 Å². The second kappa shape index (κ2) is 5.99. The highest BCUT2D eigenvalue weighted by Gasteiger charge is 2.22. The van der Waals surface area contributed by atoms with Crippen molar-refractivity contribution in [3.05, 3.63) is 46.2 Å². The summed E-state index contributed by atoms with van der Waals surface area (Å²) >= 11 is 3.43. The van der Waals surface area contributed by atoms with E-state index < -0.39 is 5.54 Å². The molecule has 112 valence electrons. The van der Waals surface area contributed by atoms with Crippen LogP contribution >= 0.6 is 15.9 Å². The minimum Gasteiger partial charge on any atom is -0.346 e. The van der Waals surface area contributed by atoms with Crippen LogP contribution in [-0.2, 0) is 0 Å². The maximum absolute atomic E-state index is 12.3. The first-order valence-electron chi connectivity index (χ1n) is 6.67. The van der Waals surface area contributed by atoms with Gasteiger partial charge in [-0.25, -0.2) is 4.68 Å². The van der Waals surface area contributed by atoms with Gasteiger partial charge in [0.2, 0.25) is 0 Å². The molecule has 1 amide bonds. The van der Waals surface area contributed by atoms with Crippen LogP contribution in [0.5, 0.6) is 0 Å². The third-order valence-corrected chi connectivity index (χ3v) is 3.76. The van der Waals surface area contributed by atoms with Gasteiger partial charge >= 0.3 is 0 Å². The van der Waals surface area contributed by atoms with Crippen molar-refractivity contribution in [1.82, 2.24) is 15.1 Å². The third kappa shape index (κ3) is 3.51. The Labute approximate surface area is 132 Å². The topological polar surface area (TPSA) is 72.9 Å². The maximum Gasteiger partial charge on any atom is 0.255 e. The molecular weight excluding hydrogens is 332 g/mol. The minimum atomic E-state index is -0.443. The van der Waals surface area contributed by atoms with E-state index in [0.29, 0.717) is 12.1 Å². The Morgan fingerprint density at radius 2 is 2.19 bits per heavy atom. The molecule has 21 heavy (non-hydrogen) atoms. The Hall–Kier alpha value is -1.66. The van der Waals surface area contributed by atoms with Crippen molar-refractivity contribution in [3.8, 4) is 5.69 Å². The SMILES string of the molecule is Cc1c(C(=O)NC(C)(C)CN)cnn1-c1cccc(Br)c1. The summed E-state index contributed by atoms with van der Waals surface area (Å²) < 4.78 is 2.71. The van der Waals surface area contributed by atoms with E-state index in [1.807, 2.05) is 45.0 Å². The number of nitrogens with two attached hydrogens (primary N) is 1. The Morgan fingerprint density at radius 1 is 1.48 bits per heavy atom. The zero-order valence-electron chi connectivity index (χ0n) is 12.4. The number of aromatic nitrogens is 2. The van der Waals surface area contributed by atoms with E-state index in [-0.39, 0.29) is 5.91 Å². The first-order chi connectivity index (χ1) is 9.84. The fourth-order valence-electron chi connectivity index (χ4n) is 1.93. The Morgan fingerprint density at radius 3 is 2.81 bits per heavy atom. The molecule has 0 saturated carbocycles. The molecule has 0 unspecified atom stereocenters. The van der Waals surface area contributed by atoms with Crippen LogP contribution in [-0.4, -0.2) is 27.8 Å². The highest BCUT2D eigenvalue weighted by atomic mass is 79.9. The number of hydrogen-bond acceptors (Lipinski definition) is 3. The molecule has 5 nitrogen and oxygen atoms in total. The fraction of sp³-hybridized carbons (Fsp3) is 0.333. The van der Waals surface area contributed by atoms with E-state index in [1.165, 1.54) is 0 Å². The van der Waals surface area contributed by atoms with Crippen LogP contribution in [0.2, 0.25) is 0 Å². The van der Waals surface area contributed by atoms with Gasteiger partial charge in [0.25, 0.3) is 5.91 Å². The number of rotatable bonds is 4. The quantitative estimate of drug-likeness (QED) is 0.889. The normalized spacial score (nSPS) is 11.5. The molecule has 0 aliphatic heterocycles. The van der Waals surface area contributed by atoms with E-state index in [4.69, 9.17) is 5.73 Å². The summed E-state index contributed by atoms with van der Waals surface area (Å²) in [6.07, 6.45) is 1.58. The highest BCUT2D eigenvalue weighted by Crippen LogP contribution is 2.18. The summed E-state index contributed by atoms with van der Waals surface area (Å²) in [5, 5.41) is 7.22. The van der Waals surface area contributed by atoms with Crippen molar-refractivity contribution < 1.29 is 4.79 Å². The largest absolute Gasteiger partial charge is 0.346 e. The number of nitrogens with zero attached hydrogens (tertiary/aromatic N) is 2. The number of nitrogens with one attached hydrogen (secondary N) is 1. The zero-order chi connectivity index (χ0) is 15.6. The summed E-state index contributed by atoms with van der Waals surface area (Å²) in [4.78, 5) is 12.3. The minimum absolute atomic E-state index is 0.163. The molecule has 0 radical (unpaired) electrons. The van der Waals surface area contributed by atoms with Gasteiger partial charge in [-0.05, 0) is 39.0 Å². The maximum atomic E-state index is 12.3. The number of amides is 1. The zero-order valence-corrected chi connectivity index (χ0v) is 13.9. The molecule has 0 aliphatic rings. The van der Waals surface area contributed by atoms with Crippen molar-refractivity contribution in [1.29, 1.82) is 0 Å². The molecule has 0 bridgehead atoms. The van der Waals surface area contributed by atoms with Crippen molar-refractivity contribution in [2.75, 3.05) is 6.54 Å². The van der Waals surface area contributed by atoms with Gasteiger partial charge in [0, 0.05) is 16.6 Å². The lowest BCUT2D eigenvalue weighted by Gasteiger charge is -2.24. The molecule has 0 spiro atoms. The lowest BCUT2D eigenvalue weighted by atomic mass is 10.1. The molecular formula is C15H19BrN4O. The summed E-state index contributed by atoms with van der Waals surface area (Å²) in [7, 11) is 0. The number of halogens is 1. The van der Waals surface area contributed by atoms with Crippen LogP contribution in [0.25, 0.3) is 5.69 Å². The van der Waals surface area contributed by atoms with Gasteiger partial charge in [0.1, 0.15) is 0 Å². The summed E-state index contributed by atoms with van der Waals surface area (Å²) in [5.74, 6) is -0.163. The van der Waals surface area contributed by atoms with Gasteiger partial charge in [-0.15, -0.1) is 0 Å². The molecule has 0 saturated heterocycles. The van der Waals surface area contributed by atoms with Gasteiger partial charge in [0.05, 0.1) is 23.1 Å². The van der Waals surface area contributed by atoms with Gasteiger partial charge in [-0.1, -0.05) is 22.0 Å². The van der Waals surface area contributed by atoms with Crippen LogP contribution in [0.4, 0.5) is 0 Å². The summed E-state index contributed by atoms with van der Waals surface area (Å²) in [6.45, 7) is 6.02. The van der Waals surface area contributed by atoms with Gasteiger partial charge < -0.3 is 11.1 Å². The van der Waals surface area contributed by atoms with Crippen LogP contribution in [0, 0.1) is 6.92 Å². The van der Waals surface area contributed by atoms with Gasteiger partial charge in [-0.3, -0.25) is 4.79 Å². The molecule has 0 fully saturated rings. The van der Waals surface area contributed by atoms with Crippen molar-refractivity contribution in [2.24, 2.45) is 5.73 Å². The Kier molecular flexibility index (Phi) is 4.49. The molecule has 2 rings (SSSR count). The molecule has 0 atom stereocenters. The summed E-state index contributed by atoms with van der Waals surface area (Å²) in [6, 6.07) is 7.76. The van der Waals surface area contributed by atoms with Crippen molar-refractivity contribution in [3.63, 3.8) is 0 Å². The lowest BCUT2D eigenvalue weighted by Crippen LogP contribution is -2.48. The van der Waals surface area contributed by atoms with E-state index >= 15 is 0 Å². The highest BCUT2D eigenvalue weighted by molar-refractivity contribution is 9.10. The van der Waals surface area contributed by atoms with Crippen LogP contribution in [0.3, 0.4) is 0 Å². The van der Waals surface area contributed by atoms with E-state index in [9.17, 15) is 4.79 Å². The standard InChI is InChI=1S/C15H19BrN4O/c1-10-13(14(21)19-15(2,3)9-17)8-18-20(10)12-6-4-5-11(16)7-12/h4-8H,9,17H2,1-3H3,(H,19,21). The van der Waals surface area contributed by atoms with Gasteiger partial charge in [-0.2, -0.15) is 5.10 Å². The van der Waals surface area contributed by atoms with Crippen LogP contribution in [0.1, 0.15) is 29.9 Å². The number of carbonyl (C=O) groups excluding carboxylic acids is 1. The van der Waals surface area contributed by atoms with E-state index in [2.05, 4.69) is 26.3 Å². The first kappa shape index (κ1) is 15.7. The van der Waals surface area contributed by atoms with E-state index in [1.54, 1.807) is 10.9 Å². The van der Waals surface area contributed by atoms with Crippen LogP contribution < -0.4 is 11.1 Å². The first-order valence-corrected chi connectivity index (χ1v) is 7.46. The van der Waals surface area contributed by atoms with Crippen molar-refractivity contribution in [2.45, 2.75) is 26.3 Å². The lowest BCUT2D eigenvalue weighted by molar-refractivity contribution is 0.0915. The number of benzene rings is 1. The molecule has 1 aromatic carbocycles. The van der Waals surface area contributed by atoms with Gasteiger partial charge in [0.15, 0.2) is 0 Å². The van der Waals surface area contributed by atoms with Crippen LogP contribution in [0.15, 0.2) is 34.9 Å². The number of hydrogen-bond donors (Lipinski definition) is 2.